The Labute approximate surface area is 114 Å². The van der Waals surface area contributed by atoms with Crippen LogP contribution in [-0.2, 0) is 0 Å². The van der Waals surface area contributed by atoms with Crippen LogP contribution in [0.1, 0.15) is 36.1 Å². The molecule has 0 amide bonds. The summed E-state index contributed by atoms with van der Waals surface area (Å²) in [5.41, 5.74) is 4.62. The summed E-state index contributed by atoms with van der Waals surface area (Å²) >= 11 is 0. The maximum atomic E-state index is 13.3. The van der Waals surface area contributed by atoms with Gasteiger partial charge in [-0.3, -0.25) is 0 Å². The predicted octanol–water partition coefficient (Wildman–Crippen LogP) is 5.01. The van der Waals surface area contributed by atoms with Gasteiger partial charge in [0.2, 0.25) is 0 Å². The standard InChI is InChI=1S/C17H20FN/c1-4-16(14-8-6-9-15(18)11-14)19-17-10-5-7-12(2)13(17)3/h5-11,16,19H,4H2,1-3H3. The van der Waals surface area contributed by atoms with E-state index in [0.717, 1.165) is 17.7 Å². The molecule has 1 unspecified atom stereocenters. The van der Waals surface area contributed by atoms with Crippen LogP contribution in [0.3, 0.4) is 0 Å². The molecule has 0 radical (unpaired) electrons. The van der Waals surface area contributed by atoms with Gasteiger partial charge in [0.15, 0.2) is 0 Å². The van der Waals surface area contributed by atoms with E-state index < -0.39 is 0 Å². The van der Waals surface area contributed by atoms with Crippen LogP contribution < -0.4 is 5.32 Å². The average Bonchev–Trinajstić information content (AvgIpc) is 2.40. The molecule has 0 heterocycles. The van der Waals surface area contributed by atoms with Gasteiger partial charge in [0.25, 0.3) is 0 Å². The Hall–Kier alpha value is -1.83. The van der Waals surface area contributed by atoms with Gasteiger partial charge in [-0.05, 0) is 55.2 Å². The molecule has 2 heteroatoms. The molecule has 0 fully saturated rings. The number of hydrogen-bond acceptors (Lipinski definition) is 1. The van der Waals surface area contributed by atoms with Gasteiger partial charge in [0.1, 0.15) is 5.82 Å². The topological polar surface area (TPSA) is 12.0 Å². The maximum absolute atomic E-state index is 13.3. The molecular weight excluding hydrogens is 237 g/mol. The third-order valence-electron chi connectivity index (χ3n) is 3.59. The largest absolute Gasteiger partial charge is 0.378 e. The maximum Gasteiger partial charge on any atom is 0.123 e. The first-order chi connectivity index (χ1) is 9.11. The molecule has 0 aliphatic carbocycles. The predicted molar refractivity (Wildman–Crippen MR) is 79.0 cm³/mol. The van der Waals surface area contributed by atoms with E-state index in [1.54, 1.807) is 12.1 Å². The molecule has 0 bridgehead atoms. The van der Waals surface area contributed by atoms with E-state index in [9.17, 15) is 4.39 Å². The van der Waals surface area contributed by atoms with Crippen molar-refractivity contribution in [3.63, 3.8) is 0 Å². The molecule has 2 rings (SSSR count). The van der Waals surface area contributed by atoms with Crippen LogP contribution in [0.2, 0.25) is 0 Å². The van der Waals surface area contributed by atoms with E-state index in [2.05, 4.69) is 38.2 Å². The molecule has 0 saturated carbocycles. The second-order valence-electron chi connectivity index (χ2n) is 4.91. The summed E-state index contributed by atoms with van der Waals surface area (Å²) in [7, 11) is 0. The van der Waals surface area contributed by atoms with Gasteiger partial charge in [0.05, 0.1) is 6.04 Å². The van der Waals surface area contributed by atoms with Crippen LogP contribution in [0.25, 0.3) is 0 Å². The Morgan fingerprint density at radius 1 is 1.11 bits per heavy atom. The summed E-state index contributed by atoms with van der Waals surface area (Å²) in [4.78, 5) is 0. The first-order valence-electron chi connectivity index (χ1n) is 6.70. The van der Waals surface area contributed by atoms with Gasteiger partial charge >= 0.3 is 0 Å². The number of aryl methyl sites for hydroxylation is 1. The molecule has 0 spiro atoms. The Morgan fingerprint density at radius 3 is 2.53 bits per heavy atom. The number of rotatable bonds is 4. The van der Waals surface area contributed by atoms with E-state index in [-0.39, 0.29) is 11.9 Å². The van der Waals surface area contributed by atoms with Crippen molar-refractivity contribution in [1.82, 2.24) is 0 Å². The highest BCUT2D eigenvalue weighted by molar-refractivity contribution is 5.55. The molecule has 0 aliphatic heterocycles. The molecule has 1 N–H and O–H groups in total. The highest BCUT2D eigenvalue weighted by Crippen LogP contribution is 2.26. The fourth-order valence-corrected chi connectivity index (χ4v) is 2.24. The zero-order valence-corrected chi connectivity index (χ0v) is 11.7. The van der Waals surface area contributed by atoms with Crippen LogP contribution in [-0.4, -0.2) is 0 Å². The second kappa shape index (κ2) is 5.87. The lowest BCUT2D eigenvalue weighted by Crippen LogP contribution is -2.11. The molecule has 100 valence electrons. The van der Waals surface area contributed by atoms with Crippen LogP contribution in [0.4, 0.5) is 10.1 Å². The van der Waals surface area contributed by atoms with Crippen molar-refractivity contribution in [3.8, 4) is 0 Å². The summed E-state index contributed by atoms with van der Waals surface area (Å²) in [6, 6.07) is 13.2. The van der Waals surface area contributed by atoms with Crippen LogP contribution in [0.15, 0.2) is 42.5 Å². The summed E-state index contributed by atoms with van der Waals surface area (Å²) in [6.45, 7) is 6.31. The fourth-order valence-electron chi connectivity index (χ4n) is 2.24. The van der Waals surface area contributed by atoms with Crippen molar-refractivity contribution in [1.29, 1.82) is 0 Å². The average molecular weight is 257 g/mol. The van der Waals surface area contributed by atoms with Crippen molar-refractivity contribution < 1.29 is 4.39 Å². The third-order valence-corrected chi connectivity index (χ3v) is 3.59. The van der Waals surface area contributed by atoms with Crippen LogP contribution >= 0.6 is 0 Å². The smallest absolute Gasteiger partial charge is 0.123 e. The Balaban J connectivity index is 2.26. The first kappa shape index (κ1) is 13.6. The monoisotopic (exact) mass is 257 g/mol. The summed E-state index contributed by atoms with van der Waals surface area (Å²) in [6.07, 6.45) is 0.914. The zero-order valence-electron chi connectivity index (χ0n) is 11.7. The molecular formula is C17H20FN. The quantitative estimate of drug-likeness (QED) is 0.812. The molecule has 1 atom stereocenters. The fraction of sp³-hybridized carbons (Fsp3) is 0.294. The van der Waals surface area contributed by atoms with Crippen molar-refractivity contribution in [2.45, 2.75) is 33.2 Å². The summed E-state index contributed by atoms with van der Waals surface area (Å²) in [5.74, 6) is -0.182. The van der Waals surface area contributed by atoms with Crippen molar-refractivity contribution in [2.24, 2.45) is 0 Å². The summed E-state index contributed by atoms with van der Waals surface area (Å²) in [5, 5.41) is 3.51. The van der Waals surface area contributed by atoms with E-state index in [1.807, 2.05) is 12.1 Å². The third kappa shape index (κ3) is 3.14. The molecule has 0 aromatic heterocycles. The Bertz CT molecular complexity index is 563. The summed E-state index contributed by atoms with van der Waals surface area (Å²) < 4.78 is 13.3. The van der Waals surface area contributed by atoms with Gasteiger partial charge in [-0.1, -0.05) is 31.2 Å². The lowest BCUT2D eigenvalue weighted by atomic mass is 10.0. The normalized spacial score (nSPS) is 12.2. The lowest BCUT2D eigenvalue weighted by Gasteiger charge is -2.21. The molecule has 0 aliphatic rings. The molecule has 1 nitrogen and oxygen atoms in total. The minimum absolute atomic E-state index is 0.135. The highest BCUT2D eigenvalue weighted by Gasteiger charge is 2.11. The first-order valence-corrected chi connectivity index (χ1v) is 6.70. The zero-order chi connectivity index (χ0) is 13.8. The van der Waals surface area contributed by atoms with E-state index in [4.69, 9.17) is 0 Å². The van der Waals surface area contributed by atoms with E-state index >= 15 is 0 Å². The molecule has 0 saturated heterocycles. The lowest BCUT2D eigenvalue weighted by molar-refractivity contribution is 0.620. The van der Waals surface area contributed by atoms with Crippen molar-refractivity contribution >= 4 is 5.69 Å². The van der Waals surface area contributed by atoms with Gasteiger partial charge in [-0.15, -0.1) is 0 Å². The van der Waals surface area contributed by atoms with Gasteiger partial charge in [-0.2, -0.15) is 0 Å². The highest BCUT2D eigenvalue weighted by atomic mass is 19.1. The number of benzene rings is 2. The number of anilines is 1. The van der Waals surface area contributed by atoms with Crippen LogP contribution in [0.5, 0.6) is 0 Å². The number of hydrogen-bond donors (Lipinski definition) is 1. The number of nitrogens with one attached hydrogen (secondary N) is 1. The number of halogens is 1. The van der Waals surface area contributed by atoms with E-state index in [0.29, 0.717) is 0 Å². The minimum Gasteiger partial charge on any atom is -0.378 e. The molecule has 2 aromatic rings. The van der Waals surface area contributed by atoms with Gasteiger partial charge < -0.3 is 5.32 Å². The van der Waals surface area contributed by atoms with Crippen molar-refractivity contribution in [3.05, 3.63) is 65.0 Å². The molecule has 2 aromatic carbocycles. The van der Waals surface area contributed by atoms with Gasteiger partial charge in [-0.25, -0.2) is 4.39 Å². The van der Waals surface area contributed by atoms with Crippen molar-refractivity contribution in [2.75, 3.05) is 5.32 Å². The minimum atomic E-state index is -0.182. The van der Waals surface area contributed by atoms with Gasteiger partial charge in [0, 0.05) is 5.69 Å². The van der Waals surface area contributed by atoms with Crippen LogP contribution in [0, 0.1) is 19.7 Å². The van der Waals surface area contributed by atoms with E-state index in [1.165, 1.54) is 17.2 Å². The second-order valence-corrected chi connectivity index (χ2v) is 4.91. The Kier molecular flexibility index (Phi) is 4.20. The Morgan fingerprint density at radius 2 is 1.84 bits per heavy atom. The molecule has 19 heavy (non-hydrogen) atoms. The SMILES string of the molecule is CCC(Nc1cccc(C)c1C)c1cccc(F)c1.